The summed E-state index contributed by atoms with van der Waals surface area (Å²) in [5.74, 6) is 0.573. The van der Waals surface area contributed by atoms with Gasteiger partial charge in [0, 0.05) is 24.5 Å². The van der Waals surface area contributed by atoms with Crippen molar-refractivity contribution in [1.29, 1.82) is 0 Å². The highest BCUT2D eigenvalue weighted by atomic mass is 16.5. The SMILES string of the molecule is CCNc1nc(-c2ccncc2)no1. The standard InChI is InChI=1S/C9H10N4O/c1-2-11-9-12-8(13-14-9)7-3-5-10-6-4-7/h3-6H,2H2,1H3,(H,11,12,13). The summed E-state index contributed by atoms with van der Waals surface area (Å²) < 4.78 is 4.97. The number of nitrogens with zero attached hydrogens (tertiary/aromatic N) is 3. The zero-order valence-electron chi connectivity index (χ0n) is 7.77. The molecule has 0 atom stereocenters. The van der Waals surface area contributed by atoms with E-state index in [-0.39, 0.29) is 0 Å². The van der Waals surface area contributed by atoms with Crippen LogP contribution in [0.3, 0.4) is 0 Å². The number of hydrogen-bond acceptors (Lipinski definition) is 5. The minimum Gasteiger partial charge on any atom is -0.338 e. The van der Waals surface area contributed by atoms with Gasteiger partial charge in [-0.3, -0.25) is 4.98 Å². The normalized spacial score (nSPS) is 10.1. The van der Waals surface area contributed by atoms with Crippen molar-refractivity contribution in [2.75, 3.05) is 11.9 Å². The molecule has 0 bridgehead atoms. The summed E-state index contributed by atoms with van der Waals surface area (Å²) in [6.07, 6.45) is 3.39. The lowest BCUT2D eigenvalue weighted by atomic mass is 10.3. The first kappa shape index (κ1) is 8.68. The maximum Gasteiger partial charge on any atom is 0.321 e. The van der Waals surface area contributed by atoms with Gasteiger partial charge in [-0.15, -0.1) is 0 Å². The van der Waals surface area contributed by atoms with Crippen LogP contribution in [0.25, 0.3) is 11.4 Å². The molecule has 0 unspecified atom stereocenters. The number of rotatable bonds is 3. The molecule has 5 heteroatoms. The van der Waals surface area contributed by atoms with Crippen LogP contribution in [0.1, 0.15) is 6.92 Å². The summed E-state index contributed by atoms with van der Waals surface area (Å²) in [5.41, 5.74) is 0.896. The predicted octanol–water partition coefficient (Wildman–Crippen LogP) is 1.56. The van der Waals surface area contributed by atoms with Crippen molar-refractivity contribution in [3.63, 3.8) is 0 Å². The molecule has 0 aromatic carbocycles. The average Bonchev–Trinajstić information content (AvgIpc) is 2.68. The van der Waals surface area contributed by atoms with Crippen molar-refractivity contribution in [1.82, 2.24) is 15.1 Å². The molecule has 2 aromatic heterocycles. The van der Waals surface area contributed by atoms with Gasteiger partial charge >= 0.3 is 6.01 Å². The van der Waals surface area contributed by atoms with Crippen molar-refractivity contribution >= 4 is 6.01 Å². The zero-order valence-corrected chi connectivity index (χ0v) is 7.77. The van der Waals surface area contributed by atoms with Crippen molar-refractivity contribution in [2.45, 2.75) is 6.92 Å². The molecule has 0 amide bonds. The molecule has 0 aliphatic carbocycles. The molecule has 0 aliphatic rings. The molecule has 0 radical (unpaired) electrons. The Bertz CT molecular complexity index is 398. The van der Waals surface area contributed by atoms with Gasteiger partial charge in [-0.2, -0.15) is 4.98 Å². The number of hydrogen-bond donors (Lipinski definition) is 1. The third-order valence-electron chi connectivity index (χ3n) is 1.69. The second-order valence-corrected chi connectivity index (χ2v) is 2.69. The molecule has 14 heavy (non-hydrogen) atoms. The van der Waals surface area contributed by atoms with Gasteiger partial charge in [0.2, 0.25) is 5.82 Å². The van der Waals surface area contributed by atoms with Crippen molar-refractivity contribution in [3.8, 4) is 11.4 Å². The summed E-state index contributed by atoms with van der Waals surface area (Å²) in [6.45, 7) is 2.73. The van der Waals surface area contributed by atoms with E-state index in [1.54, 1.807) is 12.4 Å². The van der Waals surface area contributed by atoms with Crippen LogP contribution in [0, 0.1) is 0 Å². The Morgan fingerprint density at radius 3 is 2.86 bits per heavy atom. The summed E-state index contributed by atoms with van der Waals surface area (Å²) in [6, 6.07) is 4.11. The molecular formula is C9H10N4O. The highest BCUT2D eigenvalue weighted by Crippen LogP contribution is 2.15. The van der Waals surface area contributed by atoms with Crippen molar-refractivity contribution in [2.24, 2.45) is 0 Å². The van der Waals surface area contributed by atoms with E-state index >= 15 is 0 Å². The van der Waals surface area contributed by atoms with Crippen LogP contribution in [-0.4, -0.2) is 21.7 Å². The number of pyridine rings is 1. The third kappa shape index (κ3) is 1.71. The molecule has 0 spiro atoms. The van der Waals surface area contributed by atoms with Crippen LogP contribution in [-0.2, 0) is 0 Å². The lowest BCUT2D eigenvalue weighted by Crippen LogP contribution is -1.95. The second-order valence-electron chi connectivity index (χ2n) is 2.69. The van der Waals surface area contributed by atoms with E-state index in [1.807, 2.05) is 19.1 Å². The molecule has 2 heterocycles. The fourth-order valence-corrected chi connectivity index (χ4v) is 1.06. The first-order valence-corrected chi connectivity index (χ1v) is 4.38. The van der Waals surface area contributed by atoms with Gasteiger partial charge in [-0.1, -0.05) is 5.16 Å². The van der Waals surface area contributed by atoms with Gasteiger partial charge in [-0.05, 0) is 19.1 Å². The smallest absolute Gasteiger partial charge is 0.321 e. The molecule has 2 aromatic rings. The van der Waals surface area contributed by atoms with E-state index in [0.717, 1.165) is 12.1 Å². The fraction of sp³-hybridized carbons (Fsp3) is 0.222. The number of aromatic nitrogens is 3. The predicted molar refractivity (Wildman–Crippen MR) is 51.7 cm³/mol. The highest BCUT2D eigenvalue weighted by Gasteiger charge is 2.06. The third-order valence-corrected chi connectivity index (χ3v) is 1.69. The molecule has 1 N–H and O–H groups in total. The molecule has 0 aliphatic heterocycles. The van der Waals surface area contributed by atoms with Crippen LogP contribution < -0.4 is 5.32 Å². The quantitative estimate of drug-likeness (QED) is 0.795. The lowest BCUT2D eigenvalue weighted by molar-refractivity contribution is 0.432. The van der Waals surface area contributed by atoms with Crippen LogP contribution in [0.5, 0.6) is 0 Å². The zero-order chi connectivity index (χ0) is 9.80. The Balaban J connectivity index is 2.25. The van der Waals surface area contributed by atoms with Crippen LogP contribution >= 0.6 is 0 Å². The van der Waals surface area contributed by atoms with Gasteiger partial charge in [0.15, 0.2) is 0 Å². The molecule has 2 rings (SSSR count). The lowest BCUT2D eigenvalue weighted by Gasteiger charge is -1.91. The maximum absolute atomic E-state index is 4.97. The van der Waals surface area contributed by atoms with Gasteiger partial charge in [0.1, 0.15) is 0 Å². The molecule has 72 valence electrons. The van der Waals surface area contributed by atoms with Crippen molar-refractivity contribution < 1.29 is 4.52 Å². The molecule has 0 saturated heterocycles. The fourth-order valence-electron chi connectivity index (χ4n) is 1.06. The first-order valence-electron chi connectivity index (χ1n) is 4.38. The van der Waals surface area contributed by atoms with Crippen LogP contribution in [0.15, 0.2) is 29.0 Å². The van der Waals surface area contributed by atoms with Gasteiger partial charge in [0.05, 0.1) is 0 Å². The van der Waals surface area contributed by atoms with E-state index in [4.69, 9.17) is 4.52 Å². The van der Waals surface area contributed by atoms with E-state index < -0.39 is 0 Å². The summed E-state index contributed by atoms with van der Waals surface area (Å²) in [5, 5.41) is 6.77. The maximum atomic E-state index is 4.97. The summed E-state index contributed by atoms with van der Waals surface area (Å²) in [4.78, 5) is 8.07. The van der Waals surface area contributed by atoms with E-state index in [1.165, 1.54) is 0 Å². The minimum atomic E-state index is 0.444. The van der Waals surface area contributed by atoms with E-state index in [0.29, 0.717) is 11.8 Å². The average molecular weight is 190 g/mol. The van der Waals surface area contributed by atoms with E-state index in [9.17, 15) is 0 Å². The Morgan fingerprint density at radius 2 is 2.14 bits per heavy atom. The van der Waals surface area contributed by atoms with Gasteiger partial charge in [0.25, 0.3) is 0 Å². The molecule has 5 nitrogen and oxygen atoms in total. The largest absolute Gasteiger partial charge is 0.338 e. The minimum absolute atomic E-state index is 0.444. The Hall–Kier alpha value is -1.91. The number of anilines is 1. The second kappa shape index (κ2) is 3.87. The first-order chi connectivity index (χ1) is 6.90. The molecule has 0 fully saturated rings. The summed E-state index contributed by atoms with van der Waals surface area (Å²) in [7, 11) is 0. The number of nitrogens with one attached hydrogen (secondary N) is 1. The Labute approximate surface area is 81.2 Å². The monoisotopic (exact) mass is 190 g/mol. The Morgan fingerprint density at radius 1 is 1.36 bits per heavy atom. The van der Waals surface area contributed by atoms with Crippen molar-refractivity contribution in [3.05, 3.63) is 24.5 Å². The van der Waals surface area contributed by atoms with Gasteiger partial charge in [-0.25, -0.2) is 0 Å². The topological polar surface area (TPSA) is 63.8 Å². The Kier molecular flexibility index (Phi) is 2.40. The molecular weight excluding hydrogens is 180 g/mol. The van der Waals surface area contributed by atoms with Gasteiger partial charge < -0.3 is 9.84 Å². The molecule has 0 saturated carbocycles. The highest BCUT2D eigenvalue weighted by molar-refractivity contribution is 5.54. The van der Waals surface area contributed by atoms with Crippen LogP contribution in [0.4, 0.5) is 6.01 Å². The van der Waals surface area contributed by atoms with Crippen LogP contribution in [0.2, 0.25) is 0 Å². The summed E-state index contributed by atoms with van der Waals surface area (Å²) >= 11 is 0. The van der Waals surface area contributed by atoms with E-state index in [2.05, 4.69) is 20.4 Å².